The number of hydrogen-bond acceptors (Lipinski definition) is 3. The number of carbonyl (C=O) groups excluding carboxylic acids is 1. The van der Waals surface area contributed by atoms with Gasteiger partial charge in [0.2, 0.25) is 0 Å². The summed E-state index contributed by atoms with van der Waals surface area (Å²) in [4.78, 5) is 10.8. The van der Waals surface area contributed by atoms with Crippen LogP contribution in [0, 0.1) is 0 Å². The van der Waals surface area contributed by atoms with Crippen molar-refractivity contribution in [2.24, 2.45) is 0 Å². The molecule has 0 atom stereocenters. The second-order valence-electron chi connectivity index (χ2n) is 2.10. The lowest BCUT2D eigenvalue weighted by molar-refractivity contribution is -0.125. The van der Waals surface area contributed by atoms with Gasteiger partial charge in [0.15, 0.2) is 5.11 Å². The van der Waals surface area contributed by atoms with E-state index in [1.165, 1.54) is 7.11 Å². The van der Waals surface area contributed by atoms with Crippen LogP contribution in [-0.2, 0) is 9.53 Å². The smallest absolute Gasteiger partial charge is 0.264 e. The largest absolute Gasteiger partial charge is 0.375 e. The molecule has 0 rings (SSSR count). The first-order valence-corrected chi connectivity index (χ1v) is 4.04. The zero-order valence-electron chi connectivity index (χ0n) is 7.42. The SMILES string of the molecule is C=CCNC(=S)NNC(=O)COC. The zero-order valence-corrected chi connectivity index (χ0v) is 8.24. The summed E-state index contributed by atoms with van der Waals surface area (Å²) in [6.07, 6.45) is 1.66. The monoisotopic (exact) mass is 203 g/mol. The minimum absolute atomic E-state index is 0.00291. The highest BCUT2D eigenvalue weighted by Gasteiger charge is 1.98. The predicted octanol–water partition coefficient (Wildman–Crippen LogP) is -0.686. The third-order valence-electron chi connectivity index (χ3n) is 0.998. The Morgan fingerprint density at radius 1 is 1.62 bits per heavy atom. The molecule has 0 aliphatic rings. The number of thiocarbonyl (C=S) groups is 1. The molecule has 0 bridgehead atoms. The van der Waals surface area contributed by atoms with Crippen molar-refractivity contribution in [3.63, 3.8) is 0 Å². The Hall–Kier alpha value is -1.14. The van der Waals surface area contributed by atoms with Crippen LogP contribution in [0.2, 0.25) is 0 Å². The first-order valence-electron chi connectivity index (χ1n) is 3.63. The summed E-state index contributed by atoms with van der Waals surface area (Å²) in [7, 11) is 1.44. The van der Waals surface area contributed by atoms with Gasteiger partial charge in [-0.15, -0.1) is 6.58 Å². The molecule has 1 amide bonds. The lowest BCUT2D eigenvalue weighted by Crippen LogP contribution is -2.47. The van der Waals surface area contributed by atoms with Gasteiger partial charge in [-0.05, 0) is 12.2 Å². The third-order valence-corrected chi connectivity index (χ3v) is 1.24. The predicted molar refractivity (Wildman–Crippen MR) is 54.0 cm³/mol. The van der Waals surface area contributed by atoms with Crippen molar-refractivity contribution in [1.29, 1.82) is 0 Å². The number of carbonyl (C=O) groups is 1. The van der Waals surface area contributed by atoms with E-state index in [0.717, 1.165) is 0 Å². The standard InChI is InChI=1S/C7H13N3O2S/c1-3-4-8-7(13)10-9-6(11)5-12-2/h3H,1,4-5H2,2H3,(H,9,11)(H2,8,10,13). The molecule has 0 saturated carbocycles. The fraction of sp³-hybridized carbons (Fsp3) is 0.429. The van der Waals surface area contributed by atoms with E-state index in [0.29, 0.717) is 11.7 Å². The molecular weight excluding hydrogens is 190 g/mol. The normalized spacial score (nSPS) is 8.69. The number of nitrogens with one attached hydrogen (secondary N) is 3. The quantitative estimate of drug-likeness (QED) is 0.321. The average molecular weight is 203 g/mol. The molecule has 0 aromatic heterocycles. The van der Waals surface area contributed by atoms with Gasteiger partial charge in [0.25, 0.3) is 5.91 Å². The number of ether oxygens (including phenoxy) is 1. The highest BCUT2D eigenvalue weighted by atomic mass is 32.1. The van der Waals surface area contributed by atoms with E-state index in [1.54, 1.807) is 6.08 Å². The van der Waals surface area contributed by atoms with Crippen molar-refractivity contribution in [3.8, 4) is 0 Å². The number of amides is 1. The van der Waals surface area contributed by atoms with Crippen molar-refractivity contribution in [1.82, 2.24) is 16.2 Å². The molecule has 0 heterocycles. The lowest BCUT2D eigenvalue weighted by atomic mass is 10.6. The lowest BCUT2D eigenvalue weighted by Gasteiger charge is -2.09. The molecule has 0 saturated heterocycles. The molecular formula is C7H13N3O2S. The Kier molecular flexibility index (Phi) is 6.85. The first kappa shape index (κ1) is 11.9. The molecule has 0 aliphatic carbocycles. The molecule has 3 N–H and O–H groups in total. The highest BCUT2D eigenvalue weighted by Crippen LogP contribution is 1.68. The average Bonchev–Trinajstić information content (AvgIpc) is 2.12. The van der Waals surface area contributed by atoms with Crippen LogP contribution in [0.15, 0.2) is 12.7 Å². The Morgan fingerprint density at radius 2 is 2.31 bits per heavy atom. The summed E-state index contributed by atoms with van der Waals surface area (Å²) in [5, 5.41) is 3.11. The maximum atomic E-state index is 10.8. The molecule has 0 radical (unpaired) electrons. The van der Waals surface area contributed by atoms with Crippen LogP contribution in [0.5, 0.6) is 0 Å². The Morgan fingerprint density at radius 3 is 2.85 bits per heavy atom. The first-order chi connectivity index (χ1) is 6.20. The molecule has 0 fully saturated rings. The van der Waals surface area contributed by atoms with Crippen molar-refractivity contribution >= 4 is 23.2 Å². The fourth-order valence-corrected chi connectivity index (χ4v) is 0.637. The summed E-state index contributed by atoms with van der Waals surface area (Å²) in [6, 6.07) is 0. The number of rotatable bonds is 4. The molecule has 74 valence electrons. The van der Waals surface area contributed by atoms with Crippen molar-refractivity contribution in [2.45, 2.75) is 0 Å². The van der Waals surface area contributed by atoms with Gasteiger partial charge < -0.3 is 10.1 Å². The van der Waals surface area contributed by atoms with Gasteiger partial charge in [0.1, 0.15) is 6.61 Å². The minimum Gasteiger partial charge on any atom is -0.375 e. The van der Waals surface area contributed by atoms with E-state index in [1.807, 2.05) is 0 Å². The van der Waals surface area contributed by atoms with Crippen LogP contribution in [-0.4, -0.2) is 31.3 Å². The Balaban J connectivity index is 3.45. The molecule has 0 unspecified atom stereocenters. The zero-order chi connectivity index (χ0) is 10.1. The summed E-state index contributed by atoms with van der Waals surface area (Å²) in [5.74, 6) is -0.287. The van der Waals surface area contributed by atoms with Crippen LogP contribution in [0.1, 0.15) is 0 Å². The van der Waals surface area contributed by atoms with Crippen molar-refractivity contribution < 1.29 is 9.53 Å². The fourth-order valence-electron chi connectivity index (χ4n) is 0.503. The highest BCUT2D eigenvalue weighted by molar-refractivity contribution is 7.80. The van der Waals surface area contributed by atoms with E-state index in [-0.39, 0.29) is 12.5 Å². The van der Waals surface area contributed by atoms with Crippen LogP contribution < -0.4 is 16.2 Å². The van der Waals surface area contributed by atoms with Gasteiger partial charge in [-0.25, -0.2) is 0 Å². The maximum absolute atomic E-state index is 10.8. The van der Waals surface area contributed by atoms with Crippen LogP contribution in [0.4, 0.5) is 0 Å². The van der Waals surface area contributed by atoms with Crippen LogP contribution >= 0.6 is 12.2 Å². The summed E-state index contributed by atoms with van der Waals surface area (Å²) >= 11 is 4.80. The topological polar surface area (TPSA) is 62.4 Å². The molecule has 0 spiro atoms. The summed E-state index contributed by atoms with van der Waals surface area (Å²) < 4.78 is 4.59. The Bertz CT molecular complexity index is 196. The second kappa shape index (κ2) is 7.51. The van der Waals surface area contributed by atoms with Gasteiger partial charge in [-0.2, -0.15) is 0 Å². The minimum atomic E-state index is -0.287. The second-order valence-corrected chi connectivity index (χ2v) is 2.51. The maximum Gasteiger partial charge on any atom is 0.264 e. The van der Waals surface area contributed by atoms with Gasteiger partial charge in [-0.3, -0.25) is 15.6 Å². The molecule has 6 heteroatoms. The molecule has 0 aromatic carbocycles. The van der Waals surface area contributed by atoms with Gasteiger partial charge in [0.05, 0.1) is 0 Å². The van der Waals surface area contributed by atoms with Crippen molar-refractivity contribution in [3.05, 3.63) is 12.7 Å². The van der Waals surface area contributed by atoms with Gasteiger partial charge >= 0.3 is 0 Å². The number of hydrazine groups is 1. The van der Waals surface area contributed by atoms with Gasteiger partial charge in [-0.1, -0.05) is 6.08 Å². The van der Waals surface area contributed by atoms with Crippen LogP contribution in [0.3, 0.4) is 0 Å². The molecule has 0 aromatic rings. The van der Waals surface area contributed by atoms with E-state index in [9.17, 15) is 4.79 Å². The summed E-state index contributed by atoms with van der Waals surface area (Å²) in [6.45, 7) is 4.04. The van der Waals surface area contributed by atoms with E-state index >= 15 is 0 Å². The van der Waals surface area contributed by atoms with Crippen LogP contribution in [0.25, 0.3) is 0 Å². The molecule has 0 aliphatic heterocycles. The van der Waals surface area contributed by atoms with E-state index in [4.69, 9.17) is 12.2 Å². The van der Waals surface area contributed by atoms with E-state index < -0.39 is 0 Å². The molecule has 5 nitrogen and oxygen atoms in total. The van der Waals surface area contributed by atoms with Gasteiger partial charge in [0, 0.05) is 13.7 Å². The number of methoxy groups -OCH3 is 1. The number of hydrogen-bond donors (Lipinski definition) is 3. The molecule has 13 heavy (non-hydrogen) atoms. The third kappa shape index (κ3) is 7.23. The Labute approximate surface area is 82.5 Å². The summed E-state index contributed by atoms with van der Waals surface area (Å²) in [5.41, 5.74) is 4.84. The van der Waals surface area contributed by atoms with E-state index in [2.05, 4.69) is 27.5 Å². The van der Waals surface area contributed by atoms with Crippen molar-refractivity contribution in [2.75, 3.05) is 20.3 Å².